The van der Waals surface area contributed by atoms with Gasteiger partial charge in [-0.3, -0.25) is 10.2 Å². The van der Waals surface area contributed by atoms with Crippen LogP contribution in [0, 0.1) is 5.92 Å². The first-order valence-corrected chi connectivity index (χ1v) is 13.4. The Bertz CT molecular complexity index is 1050. The molecular formula is C25H34N8OS. The molecule has 1 atom stereocenters. The van der Waals surface area contributed by atoms with E-state index in [0.717, 1.165) is 60.3 Å². The maximum Gasteiger partial charge on any atom is 0.227 e. The SMILES string of the molecule is CC1=NNC(Nc2cc(NCCN3CCCCC3)nc(Sc3ccc(NC(=O)C4CC4)cc3)n2)C1. The summed E-state index contributed by atoms with van der Waals surface area (Å²) in [4.78, 5) is 25.1. The molecule has 1 saturated heterocycles. The van der Waals surface area contributed by atoms with Gasteiger partial charge in [0.2, 0.25) is 5.91 Å². The first kappa shape index (κ1) is 23.9. The van der Waals surface area contributed by atoms with Gasteiger partial charge in [-0.1, -0.05) is 6.42 Å². The van der Waals surface area contributed by atoms with Crippen LogP contribution in [0.5, 0.6) is 0 Å². The van der Waals surface area contributed by atoms with E-state index in [1.165, 1.54) is 44.1 Å². The van der Waals surface area contributed by atoms with E-state index in [-0.39, 0.29) is 18.0 Å². The van der Waals surface area contributed by atoms with E-state index in [1.54, 1.807) is 0 Å². The van der Waals surface area contributed by atoms with Crippen molar-refractivity contribution in [2.24, 2.45) is 11.0 Å². The van der Waals surface area contributed by atoms with Crippen molar-refractivity contribution in [1.29, 1.82) is 0 Å². The molecule has 2 aromatic rings. The largest absolute Gasteiger partial charge is 0.369 e. The van der Waals surface area contributed by atoms with E-state index in [0.29, 0.717) is 5.16 Å². The molecule has 0 radical (unpaired) electrons. The number of nitrogens with zero attached hydrogens (tertiary/aromatic N) is 4. The van der Waals surface area contributed by atoms with Crippen molar-refractivity contribution >= 4 is 40.7 Å². The number of benzene rings is 1. The van der Waals surface area contributed by atoms with Gasteiger partial charge in [-0.05, 0) is 81.7 Å². The second kappa shape index (κ2) is 11.3. The topological polar surface area (TPSA) is 107 Å². The standard InChI is InChI=1S/C25H34N8OS/c1-17-15-23(32-31-17)28-22-16-21(26-11-14-33-12-3-2-4-13-33)29-25(30-22)35-20-9-7-19(8-10-20)27-24(34)18-5-6-18/h7-10,16,18,23,32H,2-6,11-15H2,1H3,(H,27,34)(H2,26,28,29,30). The minimum Gasteiger partial charge on any atom is -0.369 e. The monoisotopic (exact) mass is 494 g/mol. The average molecular weight is 495 g/mol. The summed E-state index contributed by atoms with van der Waals surface area (Å²) in [7, 11) is 0. The number of hydrogen-bond acceptors (Lipinski definition) is 9. The fourth-order valence-corrected chi connectivity index (χ4v) is 5.07. The van der Waals surface area contributed by atoms with Gasteiger partial charge in [-0.15, -0.1) is 0 Å². The summed E-state index contributed by atoms with van der Waals surface area (Å²) < 4.78 is 0. The minimum atomic E-state index is 0.0262. The van der Waals surface area contributed by atoms with Crippen LogP contribution in [-0.2, 0) is 4.79 Å². The predicted molar refractivity (Wildman–Crippen MR) is 141 cm³/mol. The zero-order chi connectivity index (χ0) is 24.0. The van der Waals surface area contributed by atoms with Crippen LogP contribution in [0.15, 0.2) is 45.5 Å². The Balaban J connectivity index is 1.24. The molecule has 1 saturated carbocycles. The number of hydrogen-bond donors (Lipinski definition) is 4. The molecule has 10 heteroatoms. The van der Waals surface area contributed by atoms with Crippen LogP contribution in [0.1, 0.15) is 45.4 Å². The van der Waals surface area contributed by atoms with Crippen molar-refractivity contribution in [3.05, 3.63) is 30.3 Å². The highest BCUT2D eigenvalue weighted by molar-refractivity contribution is 7.99. The third-order valence-corrected chi connectivity index (χ3v) is 7.27. The molecule has 1 amide bonds. The van der Waals surface area contributed by atoms with Crippen molar-refractivity contribution in [3.8, 4) is 0 Å². The quantitative estimate of drug-likeness (QED) is 0.368. The Kier molecular flexibility index (Phi) is 7.68. The van der Waals surface area contributed by atoms with E-state index in [1.807, 2.05) is 37.3 Å². The van der Waals surface area contributed by atoms with Crippen molar-refractivity contribution in [2.45, 2.75) is 61.7 Å². The van der Waals surface area contributed by atoms with Gasteiger partial charge >= 0.3 is 0 Å². The maximum absolute atomic E-state index is 12.0. The van der Waals surface area contributed by atoms with Crippen LogP contribution in [-0.4, -0.2) is 58.8 Å². The lowest BCUT2D eigenvalue weighted by Gasteiger charge is -2.26. The molecule has 186 valence electrons. The van der Waals surface area contributed by atoms with Gasteiger partial charge in [0.1, 0.15) is 17.8 Å². The van der Waals surface area contributed by atoms with Crippen LogP contribution >= 0.6 is 11.8 Å². The number of anilines is 3. The Hall–Kier alpha value is -2.85. The lowest BCUT2D eigenvalue weighted by molar-refractivity contribution is -0.117. The normalized spacial score (nSPS) is 20.1. The van der Waals surface area contributed by atoms with Gasteiger partial charge in [0.05, 0.1) is 0 Å². The molecule has 3 heterocycles. The zero-order valence-electron chi connectivity index (χ0n) is 20.2. The molecule has 0 spiro atoms. The highest BCUT2D eigenvalue weighted by Crippen LogP contribution is 2.31. The lowest BCUT2D eigenvalue weighted by Crippen LogP contribution is -2.33. The number of hydrazone groups is 1. The molecule has 1 aromatic carbocycles. The summed E-state index contributed by atoms with van der Waals surface area (Å²) >= 11 is 1.51. The van der Waals surface area contributed by atoms with Crippen LogP contribution in [0.4, 0.5) is 17.3 Å². The molecule has 5 rings (SSSR count). The van der Waals surface area contributed by atoms with E-state index >= 15 is 0 Å². The van der Waals surface area contributed by atoms with E-state index in [4.69, 9.17) is 9.97 Å². The van der Waals surface area contributed by atoms with Gasteiger partial charge < -0.3 is 20.9 Å². The molecule has 2 fully saturated rings. The van der Waals surface area contributed by atoms with Gasteiger partial charge in [-0.2, -0.15) is 5.10 Å². The summed E-state index contributed by atoms with van der Waals surface area (Å²) in [5, 5.41) is 14.9. The number of nitrogens with one attached hydrogen (secondary N) is 4. The third-order valence-electron chi connectivity index (χ3n) is 6.40. The highest BCUT2D eigenvalue weighted by Gasteiger charge is 2.29. The van der Waals surface area contributed by atoms with Gasteiger partial charge in [-0.25, -0.2) is 9.97 Å². The van der Waals surface area contributed by atoms with Crippen molar-refractivity contribution in [1.82, 2.24) is 20.3 Å². The zero-order valence-corrected chi connectivity index (χ0v) is 21.0. The number of aromatic nitrogens is 2. The van der Waals surface area contributed by atoms with Gasteiger partial charge in [0.15, 0.2) is 5.16 Å². The smallest absolute Gasteiger partial charge is 0.227 e. The first-order chi connectivity index (χ1) is 17.1. The predicted octanol–water partition coefficient (Wildman–Crippen LogP) is 3.98. The van der Waals surface area contributed by atoms with E-state index < -0.39 is 0 Å². The number of amides is 1. The summed E-state index contributed by atoms with van der Waals surface area (Å²) in [5.41, 5.74) is 5.01. The maximum atomic E-state index is 12.0. The Morgan fingerprint density at radius 2 is 1.89 bits per heavy atom. The van der Waals surface area contributed by atoms with Crippen molar-refractivity contribution < 1.29 is 4.79 Å². The molecule has 2 aliphatic heterocycles. The summed E-state index contributed by atoms with van der Waals surface area (Å²) in [6.45, 7) is 6.24. The Labute approximate surface area is 210 Å². The number of carbonyl (C=O) groups excluding carboxylic acids is 1. The number of piperidine rings is 1. The van der Waals surface area contributed by atoms with Crippen LogP contribution < -0.4 is 21.4 Å². The number of likely N-dealkylation sites (tertiary alicyclic amines) is 1. The fourth-order valence-electron chi connectivity index (χ4n) is 4.30. The highest BCUT2D eigenvalue weighted by atomic mass is 32.2. The molecule has 1 aliphatic carbocycles. The van der Waals surface area contributed by atoms with E-state index in [9.17, 15) is 4.79 Å². The molecule has 35 heavy (non-hydrogen) atoms. The molecule has 3 aliphatic rings. The molecule has 1 unspecified atom stereocenters. The second-order valence-corrected chi connectivity index (χ2v) is 10.6. The molecule has 0 bridgehead atoms. The molecular weight excluding hydrogens is 460 g/mol. The van der Waals surface area contributed by atoms with Gasteiger partial charge in [0, 0.05) is 47.8 Å². The van der Waals surface area contributed by atoms with Crippen LogP contribution in [0.25, 0.3) is 0 Å². The van der Waals surface area contributed by atoms with Crippen LogP contribution in [0.3, 0.4) is 0 Å². The first-order valence-electron chi connectivity index (χ1n) is 12.6. The molecule has 9 nitrogen and oxygen atoms in total. The Morgan fingerprint density at radius 3 is 2.60 bits per heavy atom. The lowest BCUT2D eigenvalue weighted by atomic mass is 10.1. The minimum absolute atomic E-state index is 0.0262. The summed E-state index contributed by atoms with van der Waals surface area (Å²) in [5.74, 6) is 1.88. The van der Waals surface area contributed by atoms with Crippen molar-refractivity contribution in [2.75, 3.05) is 42.1 Å². The molecule has 4 N–H and O–H groups in total. The average Bonchev–Trinajstić information content (AvgIpc) is 3.63. The van der Waals surface area contributed by atoms with Crippen LogP contribution in [0.2, 0.25) is 0 Å². The summed E-state index contributed by atoms with van der Waals surface area (Å²) in [6, 6.07) is 9.83. The second-order valence-electron chi connectivity index (χ2n) is 9.52. The number of carbonyl (C=O) groups is 1. The van der Waals surface area contributed by atoms with E-state index in [2.05, 4.69) is 31.4 Å². The third kappa shape index (κ3) is 7.08. The summed E-state index contributed by atoms with van der Waals surface area (Å²) in [6.07, 6.45) is 6.78. The molecule has 1 aromatic heterocycles. The fraction of sp³-hybridized carbons (Fsp3) is 0.520. The Morgan fingerprint density at radius 1 is 1.11 bits per heavy atom. The van der Waals surface area contributed by atoms with Gasteiger partial charge in [0.25, 0.3) is 0 Å². The number of rotatable bonds is 10. The van der Waals surface area contributed by atoms with Crippen molar-refractivity contribution in [3.63, 3.8) is 0 Å².